The Balaban J connectivity index is 1.71. The molecule has 0 aromatic rings. The van der Waals surface area contributed by atoms with E-state index in [0.29, 0.717) is 0 Å². The predicted octanol–water partition coefficient (Wildman–Crippen LogP) is 3.41. The molecule has 2 saturated carbocycles. The van der Waals surface area contributed by atoms with Crippen LogP contribution in [0, 0.1) is 0 Å². The Morgan fingerprint density at radius 1 is 0.857 bits per heavy atom. The van der Waals surface area contributed by atoms with E-state index >= 15 is 0 Å². The molecule has 80 valence electrons. The first kappa shape index (κ1) is 10.2. The Labute approximate surface area is 88.0 Å². The summed E-state index contributed by atoms with van der Waals surface area (Å²) in [5.74, 6) is 0. The van der Waals surface area contributed by atoms with E-state index in [1.54, 1.807) is 0 Å². The van der Waals surface area contributed by atoms with Crippen molar-refractivity contribution < 1.29 is 0 Å². The topological polar surface area (TPSA) is 12.0 Å². The minimum Gasteiger partial charge on any atom is -0.311 e. The molecule has 0 aromatic heterocycles. The van der Waals surface area contributed by atoms with Crippen molar-refractivity contribution in [3.63, 3.8) is 0 Å². The van der Waals surface area contributed by atoms with Crippen molar-refractivity contribution in [2.24, 2.45) is 0 Å². The summed E-state index contributed by atoms with van der Waals surface area (Å²) in [6.45, 7) is 4.07. The third-order valence-electron chi connectivity index (χ3n) is 3.77. The van der Waals surface area contributed by atoms with E-state index in [1.807, 2.05) is 0 Å². The van der Waals surface area contributed by atoms with Crippen LogP contribution >= 0.6 is 0 Å². The third-order valence-corrected chi connectivity index (χ3v) is 3.77. The average molecular weight is 193 g/mol. The molecule has 0 spiro atoms. The Morgan fingerprint density at radius 3 is 2.07 bits per heavy atom. The number of hydrogen-bond acceptors (Lipinski definition) is 1. The third kappa shape index (κ3) is 2.84. The van der Waals surface area contributed by atoms with Gasteiger partial charge in [-0.2, -0.15) is 0 Å². The molecule has 14 heavy (non-hydrogen) atoms. The Bertz CT molecular complexity index is 181. The van der Waals surface area contributed by atoms with Gasteiger partial charge in [0, 0.05) is 12.1 Å². The van der Waals surface area contributed by atoms with E-state index in [9.17, 15) is 0 Å². The largest absolute Gasteiger partial charge is 0.311 e. The normalized spacial score (nSPS) is 26.7. The molecule has 0 aliphatic heterocycles. The summed E-state index contributed by atoms with van der Waals surface area (Å²) in [5, 5.41) is 3.84. The zero-order chi connectivity index (χ0) is 9.80. The highest BCUT2D eigenvalue weighted by molar-refractivity contribution is 5.00. The van der Waals surface area contributed by atoms with E-state index in [2.05, 4.69) is 11.9 Å². The van der Waals surface area contributed by atoms with Crippen LogP contribution in [0.4, 0.5) is 0 Å². The van der Waals surface area contributed by atoms with Crippen molar-refractivity contribution >= 4 is 0 Å². The SMILES string of the molecule is C=C1CCC(NC2CCCCC2)CC1. The molecule has 2 fully saturated rings. The smallest absolute Gasteiger partial charge is 0.00757 e. The van der Waals surface area contributed by atoms with Gasteiger partial charge in [0.2, 0.25) is 0 Å². The fraction of sp³-hybridized carbons (Fsp3) is 0.846. The van der Waals surface area contributed by atoms with Gasteiger partial charge in [0.05, 0.1) is 0 Å². The highest BCUT2D eigenvalue weighted by atomic mass is 14.9. The number of hydrogen-bond donors (Lipinski definition) is 1. The molecule has 2 rings (SSSR count). The average Bonchev–Trinajstić information content (AvgIpc) is 2.23. The van der Waals surface area contributed by atoms with E-state index in [4.69, 9.17) is 0 Å². The zero-order valence-corrected chi connectivity index (χ0v) is 9.23. The second-order valence-electron chi connectivity index (χ2n) is 5.03. The maximum absolute atomic E-state index is 4.07. The van der Waals surface area contributed by atoms with Crippen LogP contribution < -0.4 is 5.32 Å². The van der Waals surface area contributed by atoms with E-state index in [0.717, 1.165) is 12.1 Å². The predicted molar refractivity (Wildman–Crippen MR) is 61.4 cm³/mol. The van der Waals surface area contributed by atoms with Gasteiger partial charge in [0.1, 0.15) is 0 Å². The molecule has 1 N–H and O–H groups in total. The minimum absolute atomic E-state index is 0.795. The van der Waals surface area contributed by atoms with Crippen molar-refractivity contribution in [3.8, 4) is 0 Å². The van der Waals surface area contributed by atoms with Gasteiger partial charge in [-0.05, 0) is 38.5 Å². The monoisotopic (exact) mass is 193 g/mol. The van der Waals surface area contributed by atoms with Crippen LogP contribution in [0.3, 0.4) is 0 Å². The Hall–Kier alpha value is -0.300. The van der Waals surface area contributed by atoms with Gasteiger partial charge in [-0.1, -0.05) is 31.4 Å². The second-order valence-corrected chi connectivity index (χ2v) is 5.03. The molecule has 2 aliphatic rings. The summed E-state index contributed by atoms with van der Waals surface area (Å²) in [5.41, 5.74) is 1.46. The van der Waals surface area contributed by atoms with Crippen molar-refractivity contribution in [3.05, 3.63) is 12.2 Å². The zero-order valence-electron chi connectivity index (χ0n) is 9.23. The quantitative estimate of drug-likeness (QED) is 0.663. The Morgan fingerprint density at radius 2 is 1.43 bits per heavy atom. The summed E-state index contributed by atoms with van der Waals surface area (Å²) in [7, 11) is 0. The van der Waals surface area contributed by atoms with Gasteiger partial charge in [0.25, 0.3) is 0 Å². The molecule has 2 aliphatic carbocycles. The molecule has 0 atom stereocenters. The van der Waals surface area contributed by atoms with Gasteiger partial charge in [-0.15, -0.1) is 0 Å². The molecule has 0 unspecified atom stereocenters. The summed E-state index contributed by atoms with van der Waals surface area (Å²) < 4.78 is 0. The van der Waals surface area contributed by atoms with Crippen LogP contribution in [-0.4, -0.2) is 12.1 Å². The van der Waals surface area contributed by atoms with Crippen molar-refractivity contribution in [1.29, 1.82) is 0 Å². The van der Waals surface area contributed by atoms with Gasteiger partial charge in [0.15, 0.2) is 0 Å². The molecule has 0 radical (unpaired) electrons. The highest BCUT2D eigenvalue weighted by Gasteiger charge is 2.20. The van der Waals surface area contributed by atoms with Crippen LogP contribution in [0.25, 0.3) is 0 Å². The molecular weight excluding hydrogens is 170 g/mol. The van der Waals surface area contributed by atoms with Gasteiger partial charge in [-0.25, -0.2) is 0 Å². The Kier molecular flexibility index (Phi) is 3.63. The van der Waals surface area contributed by atoms with Crippen LogP contribution in [0.15, 0.2) is 12.2 Å². The van der Waals surface area contributed by atoms with E-state index in [-0.39, 0.29) is 0 Å². The molecule has 0 heterocycles. The summed E-state index contributed by atoms with van der Waals surface area (Å²) in [4.78, 5) is 0. The highest BCUT2D eigenvalue weighted by Crippen LogP contribution is 2.24. The van der Waals surface area contributed by atoms with E-state index in [1.165, 1.54) is 63.4 Å². The molecule has 0 amide bonds. The van der Waals surface area contributed by atoms with Gasteiger partial charge >= 0.3 is 0 Å². The number of rotatable bonds is 2. The van der Waals surface area contributed by atoms with Crippen LogP contribution in [0.5, 0.6) is 0 Å². The molecule has 0 bridgehead atoms. The molecule has 1 nitrogen and oxygen atoms in total. The maximum Gasteiger partial charge on any atom is 0.00757 e. The summed E-state index contributed by atoms with van der Waals surface area (Å²) in [6.07, 6.45) is 12.3. The molecular formula is C13H23N. The number of allylic oxidation sites excluding steroid dienone is 1. The van der Waals surface area contributed by atoms with Crippen LogP contribution in [0.2, 0.25) is 0 Å². The molecule has 0 aromatic carbocycles. The lowest BCUT2D eigenvalue weighted by Crippen LogP contribution is -2.40. The maximum atomic E-state index is 4.07. The lowest BCUT2D eigenvalue weighted by molar-refractivity contribution is 0.307. The summed E-state index contributed by atoms with van der Waals surface area (Å²) in [6, 6.07) is 1.63. The molecule has 1 heteroatoms. The number of nitrogens with one attached hydrogen (secondary N) is 1. The first-order valence-corrected chi connectivity index (χ1v) is 6.27. The van der Waals surface area contributed by atoms with Crippen LogP contribution in [0.1, 0.15) is 57.8 Å². The first-order chi connectivity index (χ1) is 6.84. The van der Waals surface area contributed by atoms with E-state index < -0.39 is 0 Å². The lowest BCUT2D eigenvalue weighted by Gasteiger charge is -2.31. The standard InChI is InChI=1S/C13H23N/c1-11-7-9-13(10-8-11)14-12-5-3-2-4-6-12/h12-14H,1-10H2. The van der Waals surface area contributed by atoms with Crippen LogP contribution in [-0.2, 0) is 0 Å². The van der Waals surface area contributed by atoms with Crippen molar-refractivity contribution in [1.82, 2.24) is 5.32 Å². The fourth-order valence-corrected chi connectivity index (χ4v) is 2.80. The van der Waals surface area contributed by atoms with Crippen molar-refractivity contribution in [2.75, 3.05) is 0 Å². The molecule has 0 saturated heterocycles. The van der Waals surface area contributed by atoms with Gasteiger partial charge < -0.3 is 5.32 Å². The minimum atomic E-state index is 0.795. The first-order valence-electron chi connectivity index (χ1n) is 6.27. The second kappa shape index (κ2) is 4.97. The van der Waals surface area contributed by atoms with Crippen molar-refractivity contribution in [2.45, 2.75) is 69.9 Å². The fourth-order valence-electron chi connectivity index (χ4n) is 2.80. The van der Waals surface area contributed by atoms with Gasteiger partial charge in [-0.3, -0.25) is 0 Å². The lowest BCUT2D eigenvalue weighted by atomic mass is 9.89. The summed E-state index contributed by atoms with van der Waals surface area (Å²) >= 11 is 0.